The number of anilines is 2. The minimum Gasteiger partial charge on any atom is -0.497 e. The number of hydrogen-bond donors (Lipinski definition) is 3. The quantitative estimate of drug-likeness (QED) is 0.170. The van der Waals surface area contributed by atoms with Gasteiger partial charge in [-0.05, 0) is 71.3 Å². The van der Waals surface area contributed by atoms with Gasteiger partial charge in [-0.25, -0.2) is 4.39 Å². The second-order valence-corrected chi connectivity index (χ2v) is 8.26. The Labute approximate surface area is 214 Å². The number of nitrogens with one attached hydrogen (secondary N) is 2. The first-order valence-electron chi connectivity index (χ1n) is 11.6. The number of nitrogen functional groups attached to an aromatic ring is 1. The molecule has 0 aliphatic heterocycles. The second-order valence-electron chi connectivity index (χ2n) is 8.26. The number of hydrogen-bond acceptors (Lipinski definition) is 4. The van der Waals surface area contributed by atoms with Gasteiger partial charge in [0.25, 0.3) is 11.8 Å². The van der Waals surface area contributed by atoms with E-state index in [0.29, 0.717) is 33.8 Å². The van der Waals surface area contributed by atoms with E-state index in [1.165, 1.54) is 12.1 Å². The normalized spacial score (nSPS) is 11.0. The van der Waals surface area contributed by atoms with Crippen molar-refractivity contribution in [3.05, 3.63) is 125 Å². The van der Waals surface area contributed by atoms with Crippen molar-refractivity contribution in [3.8, 4) is 5.75 Å². The van der Waals surface area contributed by atoms with Gasteiger partial charge in [0, 0.05) is 17.7 Å². The predicted molar refractivity (Wildman–Crippen MR) is 144 cm³/mol. The lowest BCUT2D eigenvalue weighted by Crippen LogP contribution is -2.24. The lowest BCUT2D eigenvalue weighted by atomic mass is 10.0. The molecule has 0 unspecified atom stereocenters. The molecule has 4 rings (SSSR count). The Morgan fingerprint density at radius 2 is 1.51 bits per heavy atom. The Hall–Kier alpha value is -4.91. The van der Waals surface area contributed by atoms with E-state index in [4.69, 9.17) is 10.5 Å². The summed E-state index contributed by atoms with van der Waals surface area (Å²) in [6.07, 6.45) is 1.74. The van der Waals surface area contributed by atoms with Crippen LogP contribution < -0.4 is 21.1 Å². The molecule has 4 aromatic carbocycles. The molecule has 4 aromatic rings. The molecular formula is C30H26FN3O3. The minimum atomic E-state index is -0.382. The van der Waals surface area contributed by atoms with Crippen molar-refractivity contribution in [1.82, 2.24) is 5.32 Å². The van der Waals surface area contributed by atoms with E-state index >= 15 is 0 Å². The topological polar surface area (TPSA) is 93.4 Å². The molecule has 0 aromatic heterocycles. The predicted octanol–water partition coefficient (Wildman–Crippen LogP) is 5.53. The van der Waals surface area contributed by atoms with Gasteiger partial charge in [0.2, 0.25) is 0 Å². The SMILES string of the molecule is COc1ccc(C=C(C(=O)NCc2ccc(C(=O)Nc3ccccc3N)cc2)c2ccc(F)cc2)cc1. The number of carbonyl (C=O) groups is 2. The van der Waals surface area contributed by atoms with Crippen LogP contribution in [-0.2, 0) is 11.3 Å². The van der Waals surface area contributed by atoms with Gasteiger partial charge in [-0.2, -0.15) is 0 Å². The second kappa shape index (κ2) is 11.7. The Balaban J connectivity index is 1.46. The van der Waals surface area contributed by atoms with Crippen LogP contribution in [-0.4, -0.2) is 18.9 Å². The maximum atomic E-state index is 13.5. The monoisotopic (exact) mass is 495 g/mol. The molecule has 0 bridgehead atoms. The number of halogens is 1. The molecule has 0 radical (unpaired) electrons. The van der Waals surface area contributed by atoms with Crippen LogP contribution in [0.15, 0.2) is 97.1 Å². The number of methoxy groups -OCH3 is 1. The van der Waals surface area contributed by atoms with Crippen molar-refractivity contribution in [2.45, 2.75) is 6.54 Å². The number of amides is 2. The average molecular weight is 496 g/mol. The van der Waals surface area contributed by atoms with Crippen LogP contribution in [0.4, 0.5) is 15.8 Å². The maximum absolute atomic E-state index is 13.5. The molecule has 0 saturated heterocycles. The third-order valence-electron chi connectivity index (χ3n) is 5.70. The van der Waals surface area contributed by atoms with Gasteiger partial charge in [0.15, 0.2) is 0 Å². The molecule has 2 amide bonds. The van der Waals surface area contributed by atoms with Crippen LogP contribution in [0.25, 0.3) is 11.6 Å². The van der Waals surface area contributed by atoms with Crippen molar-refractivity contribution in [2.75, 3.05) is 18.2 Å². The van der Waals surface area contributed by atoms with Crippen LogP contribution in [0.3, 0.4) is 0 Å². The van der Waals surface area contributed by atoms with E-state index in [1.54, 1.807) is 86.0 Å². The van der Waals surface area contributed by atoms with Gasteiger partial charge in [0.1, 0.15) is 11.6 Å². The molecule has 0 spiro atoms. The smallest absolute Gasteiger partial charge is 0.255 e. The van der Waals surface area contributed by atoms with Crippen LogP contribution in [0.2, 0.25) is 0 Å². The summed E-state index contributed by atoms with van der Waals surface area (Å²) >= 11 is 0. The summed E-state index contributed by atoms with van der Waals surface area (Å²) in [5, 5.41) is 5.70. The van der Waals surface area contributed by atoms with Gasteiger partial charge in [-0.15, -0.1) is 0 Å². The van der Waals surface area contributed by atoms with Crippen LogP contribution in [0.5, 0.6) is 5.75 Å². The zero-order valence-electron chi connectivity index (χ0n) is 20.2. The van der Waals surface area contributed by atoms with Gasteiger partial charge in [-0.3, -0.25) is 9.59 Å². The van der Waals surface area contributed by atoms with Gasteiger partial charge in [-0.1, -0.05) is 48.5 Å². The molecule has 4 N–H and O–H groups in total. The third-order valence-corrected chi connectivity index (χ3v) is 5.70. The first-order chi connectivity index (χ1) is 17.9. The first kappa shape index (κ1) is 25.2. The number of ether oxygens (including phenoxy) is 1. The summed E-state index contributed by atoms with van der Waals surface area (Å²) < 4.78 is 18.7. The molecule has 0 atom stereocenters. The molecular weight excluding hydrogens is 469 g/mol. The summed E-state index contributed by atoms with van der Waals surface area (Å²) in [6.45, 7) is 0.244. The van der Waals surface area contributed by atoms with Gasteiger partial charge in [0.05, 0.1) is 18.5 Å². The van der Waals surface area contributed by atoms with E-state index in [9.17, 15) is 14.0 Å². The van der Waals surface area contributed by atoms with Crippen molar-refractivity contribution in [3.63, 3.8) is 0 Å². The first-order valence-corrected chi connectivity index (χ1v) is 11.6. The molecule has 0 fully saturated rings. The van der Waals surface area contributed by atoms with Gasteiger partial charge < -0.3 is 21.1 Å². The minimum absolute atomic E-state index is 0.244. The van der Waals surface area contributed by atoms with E-state index in [0.717, 1.165) is 11.1 Å². The molecule has 0 aliphatic carbocycles. The van der Waals surface area contributed by atoms with Gasteiger partial charge >= 0.3 is 0 Å². The molecule has 0 heterocycles. The van der Waals surface area contributed by atoms with E-state index < -0.39 is 0 Å². The average Bonchev–Trinajstić information content (AvgIpc) is 2.93. The van der Waals surface area contributed by atoms with Crippen molar-refractivity contribution < 1.29 is 18.7 Å². The maximum Gasteiger partial charge on any atom is 0.255 e. The molecule has 0 aliphatic rings. The summed E-state index contributed by atoms with van der Waals surface area (Å²) in [5.41, 5.74) is 9.96. The highest BCUT2D eigenvalue weighted by molar-refractivity contribution is 6.24. The molecule has 37 heavy (non-hydrogen) atoms. The van der Waals surface area contributed by atoms with Crippen molar-refractivity contribution >= 4 is 34.8 Å². The third kappa shape index (κ3) is 6.61. The highest BCUT2D eigenvalue weighted by atomic mass is 19.1. The fraction of sp³-hybridized carbons (Fsp3) is 0.0667. The zero-order chi connectivity index (χ0) is 26.2. The molecule has 7 heteroatoms. The zero-order valence-corrected chi connectivity index (χ0v) is 20.2. The van der Waals surface area contributed by atoms with Crippen molar-refractivity contribution in [2.24, 2.45) is 0 Å². The number of carbonyl (C=O) groups excluding carboxylic acids is 2. The number of benzene rings is 4. The fourth-order valence-corrected chi connectivity index (χ4v) is 3.63. The standard InChI is InChI=1S/C30H26FN3O3/c1-37-25-16-8-20(9-17-25)18-26(22-12-14-24(31)15-13-22)30(36)33-19-21-6-10-23(11-7-21)29(35)34-28-5-3-2-4-27(28)32/h2-18H,19,32H2,1H3,(H,33,36)(H,34,35). The number of rotatable bonds is 8. The lowest BCUT2D eigenvalue weighted by molar-refractivity contribution is -0.115. The summed E-state index contributed by atoms with van der Waals surface area (Å²) in [5.74, 6) is -0.278. The number of para-hydroxylation sites is 2. The highest BCUT2D eigenvalue weighted by Gasteiger charge is 2.13. The molecule has 0 saturated carbocycles. The summed E-state index contributed by atoms with van der Waals surface area (Å²) in [7, 11) is 1.58. The molecule has 186 valence electrons. The summed E-state index contributed by atoms with van der Waals surface area (Å²) in [4.78, 5) is 25.7. The Kier molecular flexibility index (Phi) is 7.95. The van der Waals surface area contributed by atoms with Crippen LogP contribution >= 0.6 is 0 Å². The Morgan fingerprint density at radius 3 is 2.16 bits per heavy atom. The van der Waals surface area contributed by atoms with Crippen molar-refractivity contribution in [1.29, 1.82) is 0 Å². The lowest BCUT2D eigenvalue weighted by Gasteiger charge is -2.11. The van der Waals surface area contributed by atoms with E-state index in [2.05, 4.69) is 10.6 Å². The number of nitrogens with two attached hydrogens (primary N) is 1. The van der Waals surface area contributed by atoms with Crippen LogP contribution in [0.1, 0.15) is 27.0 Å². The Morgan fingerprint density at radius 1 is 0.865 bits per heavy atom. The summed E-state index contributed by atoms with van der Waals surface area (Å²) in [6, 6.07) is 27.0. The Bertz CT molecular complexity index is 1410. The highest BCUT2D eigenvalue weighted by Crippen LogP contribution is 2.22. The van der Waals surface area contributed by atoms with E-state index in [-0.39, 0.29) is 24.2 Å². The largest absolute Gasteiger partial charge is 0.497 e. The molecule has 6 nitrogen and oxygen atoms in total. The van der Waals surface area contributed by atoms with E-state index in [1.807, 2.05) is 12.1 Å². The fourth-order valence-electron chi connectivity index (χ4n) is 3.63. The van der Waals surface area contributed by atoms with Crippen LogP contribution in [0, 0.1) is 5.82 Å².